The Morgan fingerprint density at radius 1 is 0.640 bits per heavy atom. The third-order valence-electron chi connectivity index (χ3n) is 7.84. The number of carbonyl (C=O) groups is 1. The first-order valence-electron chi connectivity index (χ1n) is 19.5. The fourth-order valence-corrected chi connectivity index (χ4v) is 5.55. The zero-order valence-electron chi connectivity index (χ0n) is 32.6. The predicted molar refractivity (Wildman–Crippen MR) is 210 cm³/mol. The minimum atomic E-state index is -4.27. The molecule has 290 valence electrons. The largest absolute Gasteiger partial charge is 0.472 e. The molecule has 0 fully saturated rings. The summed E-state index contributed by atoms with van der Waals surface area (Å²) < 4.78 is 34.7. The molecule has 2 atom stereocenters. The van der Waals surface area contributed by atoms with Crippen LogP contribution in [0.2, 0.25) is 0 Å². The number of unbranched alkanes of at least 4 members (excludes halogenated alkanes) is 11. The van der Waals surface area contributed by atoms with Gasteiger partial charge in [-0.2, -0.15) is 0 Å². The first-order chi connectivity index (χ1) is 24.1. The standard InChI is InChI=1S/C41H74NO7P/c1-6-8-10-12-14-15-16-17-18-19-20-21-22-23-24-25-26-27-28-30-32-34-41(43)49-40(38-46-36-33-31-29-13-11-9-7-2)39-48-50(44,45)47-37-35-42(3,4)5/h8,10,14-15,17-18,20-21,23-24,40H,6-7,9,11-13,16,19,22,25-39H2,1-5H3/p+1/b10-8-,15-14-,18-17-,21-20-,24-23-. The summed E-state index contributed by atoms with van der Waals surface area (Å²) in [4.78, 5) is 22.7. The predicted octanol–water partition coefficient (Wildman–Crippen LogP) is 11.0. The van der Waals surface area contributed by atoms with Crippen LogP contribution in [-0.4, -0.2) is 75.6 Å². The van der Waals surface area contributed by atoms with E-state index in [0.717, 1.165) is 83.5 Å². The van der Waals surface area contributed by atoms with E-state index in [1.807, 2.05) is 21.1 Å². The molecule has 0 rings (SSSR count). The van der Waals surface area contributed by atoms with E-state index < -0.39 is 13.9 Å². The number of hydrogen-bond donors (Lipinski definition) is 1. The topological polar surface area (TPSA) is 91.3 Å². The second-order valence-corrected chi connectivity index (χ2v) is 15.4. The Morgan fingerprint density at radius 3 is 1.74 bits per heavy atom. The molecule has 9 heteroatoms. The maximum absolute atomic E-state index is 12.6. The van der Waals surface area contributed by atoms with Crippen LogP contribution < -0.4 is 0 Å². The van der Waals surface area contributed by atoms with Crippen molar-refractivity contribution in [2.45, 2.75) is 142 Å². The SMILES string of the molecule is CC/C=C\C/C=C\C/C=C\C/C=C\C/C=C\CCCCCCCC(=O)OC(COCCCCCCCCC)COP(=O)(O)OCC[N+](C)(C)C. The summed E-state index contributed by atoms with van der Waals surface area (Å²) in [5, 5.41) is 0. The van der Waals surface area contributed by atoms with Gasteiger partial charge in [-0.1, -0.05) is 132 Å². The van der Waals surface area contributed by atoms with E-state index in [-0.39, 0.29) is 25.8 Å². The molecule has 0 radical (unpaired) electrons. The molecule has 0 aliphatic carbocycles. The van der Waals surface area contributed by atoms with Gasteiger partial charge in [0.05, 0.1) is 34.4 Å². The fraction of sp³-hybridized carbons (Fsp3) is 0.732. The van der Waals surface area contributed by atoms with Gasteiger partial charge in [0.15, 0.2) is 0 Å². The second-order valence-electron chi connectivity index (χ2n) is 13.9. The smallest absolute Gasteiger partial charge is 0.457 e. The molecule has 0 bridgehead atoms. The molecule has 0 heterocycles. The van der Waals surface area contributed by atoms with Crippen LogP contribution >= 0.6 is 7.82 Å². The van der Waals surface area contributed by atoms with Crippen LogP contribution in [0.15, 0.2) is 60.8 Å². The Labute approximate surface area is 307 Å². The lowest BCUT2D eigenvalue weighted by molar-refractivity contribution is -0.870. The van der Waals surface area contributed by atoms with E-state index in [0.29, 0.717) is 24.1 Å². The average molecular weight is 725 g/mol. The number of carbonyl (C=O) groups excluding carboxylic acids is 1. The van der Waals surface area contributed by atoms with E-state index >= 15 is 0 Å². The number of phosphoric ester groups is 1. The third kappa shape index (κ3) is 37.5. The van der Waals surface area contributed by atoms with E-state index in [1.165, 1.54) is 32.1 Å². The molecule has 0 aromatic rings. The van der Waals surface area contributed by atoms with E-state index in [1.54, 1.807) is 0 Å². The number of quaternary nitrogens is 1. The molecule has 8 nitrogen and oxygen atoms in total. The first kappa shape index (κ1) is 48.2. The highest BCUT2D eigenvalue weighted by atomic mass is 31.2. The van der Waals surface area contributed by atoms with Crippen molar-refractivity contribution in [2.75, 3.05) is 54.1 Å². The van der Waals surface area contributed by atoms with Gasteiger partial charge in [-0.15, -0.1) is 0 Å². The summed E-state index contributed by atoms with van der Waals surface area (Å²) in [5.74, 6) is -0.337. The van der Waals surface area contributed by atoms with Crippen LogP contribution in [0, 0.1) is 0 Å². The Balaban J connectivity index is 4.23. The van der Waals surface area contributed by atoms with Crippen molar-refractivity contribution in [1.82, 2.24) is 0 Å². The second kappa shape index (κ2) is 34.3. The van der Waals surface area contributed by atoms with Gasteiger partial charge in [0.25, 0.3) is 0 Å². The monoisotopic (exact) mass is 725 g/mol. The summed E-state index contributed by atoms with van der Waals surface area (Å²) in [5.41, 5.74) is 0. The number of likely N-dealkylation sites (N-methyl/N-ethyl adjacent to an activating group) is 1. The van der Waals surface area contributed by atoms with Crippen molar-refractivity contribution in [3.63, 3.8) is 0 Å². The van der Waals surface area contributed by atoms with Crippen molar-refractivity contribution < 1.29 is 37.3 Å². The highest BCUT2D eigenvalue weighted by Crippen LogP contribution is 2.43. The van der Waals surface area contributed by atoms with Crippen LogP contribution in [0.1, 0.15) is 136 Å². The minimum absolute atomic E-state index is 0.0821. The maximum Gasteiger partial charge on any atom is 0.472 e. The highest BCUT2D eigenvalue weighted by Gasteiger charge is 2.26. The van der Waals surface area contributed by atoms with Crippen LogP contribution in [0.25, 0.3) is 0 Å². The molecule has 0 aromatic heterocycles. The van der Waals surface area contributed by atoms with Crippen LogP contribution in [-0.2, 0) is 27.9 Å². The summed E-state index contributed by atoms with van der Waals surface area (Å²) in [6.07, 6.45) is 41.2. The number of esters is 1. The van der Waals surface area contributed by atoms with Crippen LogP contribution in [0.4, 0.5) is 0 Å². The fourth-order valence-electron chi connectivity index (χ4n) is 4.81. The van der Waals surface area contributed by atoms with Gasteiger partial charge in [-0.25, -0.2) is 4.57 Å². The van der Waals surface area contributed by atoms with E-state index in [4.69, 9.17) is 18.5 Å². The zero-order valence-corrected chi connectivity index (χ0v) is 33.5. The Morgan fingerprint density at radius 2 is 1.16 bits per heavy atom. The number of allylic oxidation sites excluding steroid dienone is 10. The summed E-state index contributed by atoms with van der Waals surface area (Å²) >= 11 is 0. The molecule has 0 amide bonds. The maximum atomic E-state index is 12.6. The van der Waals surface area contributed by atoms with Crippen molar-refractivity contribution in [1.29, 1.82) is 0 Å². The molecule has 1 N–H and O–H groups in total. The van der Waals surface area contributed by atoms with Crippen molar-refractivity contribution in [2.24, 2.45) is 0 Å². The van der Waals surface area contributed by atoms with Crippen LogP contribution in [0.5, 0.6) is 0 Å². The van der Waals surface area contributed by atoms with E-state index in [9.17, 15) is 14.3 Å². The molecule has 0 spiro atoms. The number of phosphoric acid groups is 1. The van der Waals surface area contributed by atoms with Gasteiger partial charge >= 0.3 is 13.8 Å². The lowest BCUT2D eigenvalue weighted by atomic mass is 10.1. The van der Waals surface area contributed by atoms with Gasteiger partial charge in [0.1, 0.15) is 19.3 Å². The van der Waals surface area contributed by atoms with Gasteiger partial charge in [-0.3, -0.25) is 13.8 Å². The Hall–Kier alpha value is -1.80. The molecular formula is C41H75NO7P+. The Bertz CT molecular complexity index is 984. The molecule has 50 heavy (non-hydrogen) atoms. The number of rotatable bonds is 35. The van der Waals surface area contributed by atoms with Crippen molar-refractivity contribution >= 4 is 13.8 Å². The Kier molecular flexibility index (Phi) is 33.1. The molecule has 0 saturated carbocycles. The van der Waals surface area contributed by atoms with Gasteiger partial charge in [0, 0.05) is 13.0 Å². The van der Waals surface area contributed by atoms with E-state index in [2.05, 4.69) is 74.6 Å². The summed E-state index contributed by atoms with van der Waals surface area (Å²) in [6, 6.07) is 0. The number of ether oxygens (including phenoxy) is 2. The lowest BCUT2D eigenvalue weighted by Crippen LogP contribution is -2.37. The average Bonchev–Trinajstić information content (AvgIpc) is 3.06. The normalized spacial score (nSPS) is 14.6. The zero-order chi connectivity index (χ0) is 37.0. The summed E-state index contributed by atoms with van der Waals surface area (Å²) in [7, 11) is 1.64. The quantitative estimate of drug-likeness (QED) is 0.0229. The highest BCUT2D eigenvalue weighted by molar-refractivity contribution is 7.47. The van der Waals surface area contributed by atoms with Crippen molar-refractivity contribution in [3.8, 4) is 0 Å². The van der Waals surface area contributed by atoms with Crippen molar-refractivity contribution in [3.05, 3.63) is 60.8 Å². The molecule has 0 saturated heterocycles. The first-order valence-corrected chi connectivity index (χ1v) is 21.0. The van der Waals surface area contributed by atoms with Gasteiger partial charge < -0.3 is 18.9 Å². The minimum Gasteiger partial charge on any atom is -0.457 e. The molecule has 0 aromatic carbocycles. The summed E-state index contributed by atoms with van der Waals surface area (Å²) in [6.45, 7) is 5.42. The number of nitrogens with zero attached hydrogens (tertiary/aromatic N) is 1. The lowest BCUT2D eigenvalue weighted by Gasteiger charge is -2.24. The third-order valence-corrected chi connectivity index (χ3v) is 8.83. The number of hydrogen-bond acceptors (Lipinski definition) is 6. The molecule has 0 aliphatic heterocycles. The van der Waals surface area contributed by atoms with Crippen LogP contribution in [0.3, 0.4) is 0 Å². The van der Waals surface area contributed by atoms with Gasteiger partial charge in [0.2, 0.25) is 0 Å². The molecular weight excluding hydrogens is 649 g/mol. The molecule has 0 aliphatic rings. The molecule has 2 unspecified atom stereocenters. The van der Waals surface area contributed by atoms with Gasteiger partial charge in [-0.05, 0) is 57.8 Å².